The lowest BCUT2D eigenvalue weighted by Crippen LogP contribution is -2.35. The highest BCUT2D eigenvalue weighted by atomic mass is 16.1. The van der Waals surface area contributed by atoms with E-state index in [-0.39, 0.29) is 6.17 Å². The molecule has 0 amide bonds. The molecule has 0 aliphatic rings. The Kier molecular flexibility index (Phi) is 3.55. The lowest BCUT2D eigenvalue weighted by atomic mass is 10.6. The summed E-state index contributed by atoms with van der Waals surface area (Å²) < 4.78 is 0. The SMILES string of the molecule is C[C@H](N)NCC=O. The minimum Gasteiger partial charge on any atom is -0.316 e. The van der Waals surface area contributed by atoms with Gasteiger partial charge in [0.15, 0.2) is 0 Å². The minimum atomic E-state index is -0.0785. The summed E-state index contributed by atoms with van der Waals surface area (Å²) >= 11 is 0. The van der Waals surface area contributed by atoms with Crippen LogP contribution in [0, 0.1) is 0 Å². The standard InChI is InChI=1S/C4H10N2O/c1-4(5)6-2-3-7/h3-4,6H,2,5H2,1H3/t4-/m1/s1. The lowest BCUT2D eigenvalue weighted by Gasteiger charge is -2.00. The van der Waals surface area contributed by atoms with Crippen molar-refractivity contribution < 1.29 is 4.79 Å². The maximum Gasteiger partial charge on any atom is 0.133 e. The quantitative estimate of drug-likeness (QED) is 0.358. The first-order valence-electron chi connectivity index (χ1n) is 2.20. The van der Waals surface area contributed by atoms with Crippen LogP contribution >= 0.6 is 0 Å². The molecule has 0 aromatic carbocycles. The zero-order chi connectivity index (χ0) is 5.70. The molecule has 0 fully saturated rings. The van der Waals surface area contributed by atoms with Gasteiger partial charge in [0.05, 0.1) is 12.7 Å². The van der Waals surface area contributed by atoms with Gasteiger partial charge in [-0.25, -0.2) is 0 Å². The van der Waals surface area contributed by atoms with Crippen molar-refractivity contribution >= 4 is 6.29 Å². The molecular weight excluding hydrogens is 92.1 g/mol. The van der Waals surface area contributed by atoms with Gasteiger partial charge in [-0.2, -0.15) is 0 Å². The van der Waals surface area contributed by atoms with Crippen LogP contribution in [0.1, 0.15) is 6.92 Å². The van der Waals surface area contributed by atoms with Crippen molar-refractivity contribution in [3.05, 3.63) is 0 Å². The van der Waals surface area contributed by atoms with Gasteiger partial charge in [0.2, 0.25) is 0 Å². The molecule has 0 heterocycles. The molecule has 0 aliphatic heterocycles. The molecular formula is C4H10N2O. The third-order valence-corrected chi connectivity index (χ3v) is 0.523. The molecule has 0 aromatic heterocycles. The monoisotopic (exact) mass is 102 g/mol. The van der Waals surface area contributed by atoms with Gasteiger partial charge in [0, 0.05) is 0 Å². The molecule has 3 nitrogen and oxygen atoms in total. The van der Waals surface area contributed by atoms with Crippen LogP contribution in [0.3, 0.4) is 0 Å². The predicted octanol–water partition coefficient (Wildman–Crippen LogP) is -0.920. The molecule has 1 atom stereocenters. The van der Waals surface area contributed by atoms with Crippen molar-refractivity contribution in [2.75, 3.05) is 6.54 Å². The normalized spacial score (nSPS) is 13.4. The fourth-order valence-corrected chi connectivity index (χ4v) is 0.234. The maximum absolute atomic E-state index is 9.59. The van der Waals surface area contributed by atoms with Gasteiger partial charge < -0.3 is 10.5 Å². The average molecular weight is 102 g/mol. The van der Waals surface area contributed by atoms with Crippen molar-refractivity contribution in [2.45, 2.75) is 13.1 Å². The highest BCUT2D eigenvalue weighted by molar-refractivity contribution is 5.51. The van der Waals surface area contributed by atoms with Crippen molar-refractivity contribution in [1.29, 1.82) is 0 Å². The van der Waals surface area contributed by atoms with Crippen molar-refractivity contribution in [3.8, 4) is 0 Å². The Morgan fingerprint density at radius 2 is 2.57 bits per heavy atom. The molecule has 0 radical (unpaired) electrons. The summed E-state index contributed by atoms with van der Waals surface area (Å²) in [7, 11) is 0. The van der Waals surface area contributed by atoms with Gasteiger partial charge in [-0.1, -0.05) is 0 Å². The molecule has 0 spiro atoms. The smallest absolute Gasteiger partial charge is 0.133 e. The number of rotatable bonds is 3. The maximum atomic E-state index is 9.59. The third-order valence-electron chi connectivity index (χ3n) is 0.523. The first-order chi connectivity index (χ1) is 3.27. The summed E-state index contributed by atoms with van der Waals surface area (Å²) in [6.45, 7) is 2.13. The molecule has 0 aromatic rings. The van der Waals surface area contributed by atoms with Crippen molar-refractivity contribution in [2.24, 2.45) is 5.73 Å². The van der Waals surface area contributed by atoms with Gasteiger partial charge in [-0.15, -0.1) is 0 Å². The number of aldehydes is 1. The van der Waals surface area contributed by atoms with E-state index in [0.29, 0.717) is 6.54 Å². The average Bonchev–Trinajstić information content (AvgIpc) is 1.61. The van der Waals surface area contributed by atoms with Gasteiger partial charge >= 0.3 is 0 Å². The van der Waals surface area contributed by atoms with Gasteiger partial charge in [-0.05, 0) is 6.92 Å². The Labute approximate surface area is 42.9 Å². The van der Waals surface area contributed by atoms with E-state index >= 15 is 0 Å². The van der Waals surface area contributed by atoms with E-state index < -0.39 is 0 Å². The lowest BCUT2D eigenvalue weighted by molar-refractivity contribution is -0.107. The van der Waals surface area contributed by atoms with E-state index in [0.717, 1.165) is 6.29 Å². The second kappa shape index (κ2) is 3.77. The molecule has 3 heteroatoms. The Bertz CT molecular complexity index is 53.7. The summed E-state index contributed by atoms with van der Waals surface area (Å²) in [5, 5.41) is 2.70. The number of carbonyl (C=O) groups excluding carboxylic acids is 1. The number of hydrogen-bond acceptors (Lipinski definition) is 3. The second-order valence-corrected chi connectivity index (χ2v) is 1.36. The molecule has 0 rings (SSSR count). The number of carbonyl (C=O) groups is 1. The molecule has 0 bridgehead atoms. The summed E-state index contributed by atoms with van der Waals surface area (Å²) in [5.41, 5.74) is 5.21. The van der Waals surface area contributed by atoms with E-state index in [9.17, 15) is 4.79 Å². The van der Waals surface area contributed by atoms with E-state index in [1.807, 2.05) is 0 Å². The molecule has 0 unspecified atom stereocenters. The van der Waals surface area contributed by atoms with Gasteiger partial charge in [-0.3, -0.25) is 5.32 Å². The first kappa shape index (κ1) is 6.59. The van der Waals surface area contributed by atoms with Crippen LogP contribution in [0.25, 0.3) is 0 Å². The van der Waals surface area contributed by atoms with Gasteiger partial charge in [0.25, 0.3) is 0 Å². The van der Waals surface area contributed by atoms with Crippen LogP contribution in [0.5, 0.6) is 0 Å². The number of hydrogen-bond donors (Lipinski definition) is 2. The van der Waals surface area contributed by atoms with E-state index in [2.05, 4.69) is 5.32 Å². The molecule has 0 aliphatic carbocycles. The first-order valence-corrected chi connectivity index (χ1v) is 2.20. The molecule has 0 saturated carbocycles. The molecule has 42 valence electrons. The Hall–Kier alpha value is -0.410. The minimum absolute atomic E-state index is 0.0785. The van der Waals surface area contributed by atoms with Crippen LogP contribution in [-0.2, 0) is 4.79 Å². The predicted molar refractivity (Wildman–Crippen MR) is 27.7 cm³/mol. The number of nitrogens with one attached hydrogen (secondary N) is 1. The van der Waals surface area contributed by atoms with Crippen LogP contribution < -0.4 is 11.1 Å². The zero-order valence-corrected chi connectivity index (χ0v) is 4.35. The topological polar surface area (TPSA) is 55.1 Å². The van der Waals surface area contributed by atoms with Crippen LogP contribution in [-0.4, -0.2) is 19.0 Å². The van der Waals surface area contributed by atoms with Crippen LogP contribution in [0.4, 0.5) is 0 Å². The van der Waals surface area contributed by atoms with E-state index in [4.69, 9.17) is 5.73 Å². The highest BCUT2D eigenvalue weighted by Gasteiger charge is 1.85. The second-order valence-electron chi connectivity index (χ2n) is 1.36. The Morgan fingerprint density at radius 3 is 2.71 bits per heavy atom. The summed E-state index contributed by atoms with van der Waals surface area (Å²) in [5.74, 6) is 0. The summed E-state index contributed by atoms with van der Waals surface area (Å²) in [6, 6.07) is 0. The summed E-state index contributed by atoms with van der Waals surface area (Å²) in [6.07, 6.45) is 0.703. The van der Waals surface area contributed by atoms with E-state index in [1.165, 1.54) is 0 Å². The molecule has 3 N–H and O–H groups in total. The third kappa shape index (κ3) is 5.59. The zero-order valence-electron chi connectivity index (χ0n) is 4.35. The van der Waals surface area contributed by atoms with Crippen molar-refractivity contribution in [1.82, 2.24) is 5.32 Å². The molecule has 7 heavy (non-hydrogen) atoms. The molecule has 0 saturated heterocycles. The Balaban J connectivity index is 2.81. The van der Waals surface area contributed by atoms with Crippen LogP contribution in [0.15, 0.2) is 0 Å². The number of nitrogens with two attached hydrogens (primary N) is 1. The fourth-order valence-electron chi connectivity index (χ4n) is 0.234. The van der Waals surface area contributed by atoms with E-state index in [1.54, 1.807) is 6.92 Å². The highest BCUT2D eigenvalue weighted by Crippen LogP contribution is 1.58. The fraction of sp³-hybridized carbons (Fsp3) is 0.750. The largest absolute Gasteiger partial charge is 0.316 e. The van der Waals surface area contributed by atoms with Crippen molar-refractivity contribution in [3.63, 3.8) is 0 Å². The Morgan fingerprint density at radius 1 is 2.00 bits per heavy atom. The summed E-state index contributed by atoms with van der Waals surface area (Å²) in [4.78, 5) is 9.59. The van der Waals surface area contributed by atoms with Crippen LogP contribution in [0.2, 0.25) is 0 Å². The van der Waals surface area contributed by atoms with Gasteiger partial charge in [0.1, 0.15) is 6.29 Å².